The number of rotatable bonds is 1. The molecule has 2 aromatic rings. The number of nitrogens with zero attached hydrogens (tertiary/aromatic N) is 2. The van der Waals surface area contributed by atoms with E-state index in [2.05, 4.69) is 10.4 Å². The van der Waals surface area contributed by atoms with E-state index in [0.717, 1.165) is 18.3 Å². The van der Waals surface area contributed by atoms with E-state index in [4.69, 9.17) is 0 Å². The minimum Gasteiger partial charge on any atom is -0.301 e. The first-order valence-corrected chi connectivity index (χ1v) is 5.88. The van der Waals surface area contributed by atoms with Gasteiger partial charge in [-0.2, -0.15) is 5.10 Å². The number of benzene rings is 1. The lowest BCUT2D eigenvalue weighted by molar-refractivity contribution is 0.351. The van der Waals surface area contributed by atoms with Crippen LogP contribution in [0, 0.1) is 11.6 Å². The first-order chi connectivity index (χ1) is 8.65. The second-order valence-electron chi connectivity index (χ2n) is 4.60. The molecule has 1 aromatic heterocycles. The van der Waals surface area contributed by atoms with Crippen molar-refractivity contribution in [2.24, 2.45) is 0 Å². The molecule has 2 atom stereocenters. The average molecular weight is 249 g/mol. The number of nitrogens with one attached hydrogen (secondary N) is 1. The van der Waals surface area contributed by atoms with Crippen LogP contribution in [-0.2, 0) is 6.54 Å². The Bertz CT molecular complexity index is 579. The minimum atomic E-state index is -0.561. The zero-order valence-electron chi connectivity index (χ0n) is 9.90. The van der Waals surface area contributed by atoms with Gasteiger partial charge in [-0.25, -0.2) is 8.78 Å². The third kappa shape index (κ3) is 1.80. The molecular formula is C13H13F2N3. The standard InChI is InChI=1S/C13H13F2N3/c1-8-7-18-12(4-5-16-18)13(17-8)10-3-2-9(14)6-11(10)15/h2-6,8,13,17H,7H2,1H3. The van der Waals surface area contributed by atoms with Gasteiger partial charge in [0.2, 0.25) is 0 Å². The summed E-state index contributed by atoms with van der Waals surface area (Å²) in [5, 5.41) is 7.52. The Kier molecular flexibility index (Phi) is 2.63. The summed E-state index contributed by atoms with van der Waals surface area (Å²) in [5.74, 6) is -1.09. The largest absolute Gasteiger partial charge is 0.301 e. The minimum absolute atomic E-state index is 0.187. The Balaban J connectivity index is 2.07. The predicted octanol–water partition coefficient (Wildman–Crippen LogP) is 2.24. The molecule has 18 heavy (non-hydrogen) atoms. The van der Waals surface area contributed by atoms with Gasteiger partial charge in [-0.15, -0.1) is 0 Å². The summed E-state index contributed by atoms with van der Waals surface area (Å²) in [6.45, 7) is 2.76. The van der Waals surface area contributed by atoms with Crippen LogP contribution in [0.2, 0.25) is 0 Å². The van der Waals surface area contributed by atoms with Crippen molar-refractivity contribution in [1.29, 1.82) is 0 Å². The van der Waals surface area contributed by atoms with Crippen LogP contribution in [0.4, 0.5) is 8.78 Å². The van der Waals surface area contributed by atoms with Crippen LogP contribution in [0.15, 0.2) is 30.5 Å². The molecule has 5 heteroatoms. The van der Waals surface area contributed by atoms with E-state index in [9.17, 15) is 8.78 Å². The molecule has 2 unspecified atom stereocenters. The van der Waals surface area contributed by atoms with Gasteiger partial charge in [0.15, 0.2) is 0 Å². The highest BCUT2D eigenvalue weighted by atomic mass is 19.1. The number of aromatic nitrogens is 2. The maximum atomic E-state index is 13.9. The van der Waals surface area contributed by atoms with Gasteiger partial charge < -0.3 is 5.32 Å². The fourth-order valence-corrected chi connectivity index (χ4v) is 2.41. The molecule has 1 aliphatic heterocycles. The van der Waals surface area contributed by atoms with Gasteiger partial charge in [-0.3, -0.25) is 4.68 Å². The predicted molar refractivity (Wildman–Crippen MR) is 63.0 cm³/mol. The SMILES string of the molecule is CC1Cn2nccc2C(c2ccc(F)cc2F)N1. The van der Waals surface area contributed by atoms with Crippen molar-refractivity contribution in [3.63, 3.8) is 0 Å². The highest BCUT2D eigenvalue weighted by molar-refractivity contribution is 5.30. The van der Waals surface area contributed by atoms with E-state index in [0.29, 0.717) is 5.56 Å². The smallest absolute Gasteiger partial charge is 0.131 e. The van der Waals surface area contributed by atoms with Gasteiger partial charge in [0.25, 0.3) is 0 Å². The summed E-state index contributed by atoms with van der Waals surface area (Å²) in [5.41, 5.74) is 1.35. The van der Waals surface area contributed by atoms with Gasteiger partial charge in [-0.1, -0.05) is 6.07 Å². The Morgan fingerprint density at radius 3 is 2.94 bits per heavy atom. The van der Waals surface area contributed by atoms with Gasteiger partial charge >= 0.3 is 0 Å². The van der Waals surface area contributed by atoms with Crippen LogP contribution in [0.5, 0.6) is 0 Å². The molecule has 3 rings (SSSR count). The summed E-state index contributed by atoms with van der Waals surface area (Å²) >= 11 is 0. The second-order valence-corrected chi connectivity index (χ2v) is 4.60. The van der Waals surface area contributed by atoms with E-state index in [1.54, 1.807) is 6.20 Å². The van der Waals surface area contributed by atoms with Crippen LogP contribution in [0.3, 0.4) is 0 Å². The third-order valence-corrected chi connectivity index (χ3v) is 3.22. The Hall–Kier alpha value is -1.75. The highest BCUT2D eigenvalue weighted by Gasteiger charge is 2.27. The molecule has 0 saturated carbocycles. The Morgan fingerprint density at radius 2 is 2.17 bits per heavy atom. The fraction of sp³-hybridized carbons (Fsp3) is 0.308. The number of halogens is 2. The normalized spacial score (nSPS) is 22.8. The number of fused-ring (bicyclic) bond motifs is 1. The third-order valence-electron chi connectivity index (χ3n) is 3.22. The number of hydrogen-bond acceptors (Lipinski definition) is 2. The Labute approximate surface area is 103 Å². The topological polar surface area (TPSA) is 29.9 Å². The molecule has 0 spiro atoms. The summed E-state index contributed by atoms with van der Waals surface area (Å²) in [6.07, 6.45) is 1.70. The first-order valence-electron chi connectivity index (χ1n) is 5.88. The van der Waals surface area contributed by atoms with Crippen LogP contribution >= 0.6 is 0 Å². The molecule has 2 heterocycles. The van der Waals surface area contributed by atoms with Crippen molar-refractivity contribution in [3.8, 4) is 0 Å². The molecule has 0 aliphatic carbocycles. The lowest BCUT2D eigenvalue weighted by Gasteiger charge is -2.30. The number of hydrogen-bond donors (Lipinski definition) is 1. The van der Waals surface area contributed by atoms with Crippen LogP contribution in [-0.4, -0.2) is 15.8 Å². The molecular weight excluding hydrogens is 236 g/mol. The monoisotopic (exact) mass is 249 g/mol. The lowest BCUT2D eigenvalue weighted by atomic mass is 10.00. The van der Waals surface area contributed by atoms with Crippen molar-refractivity contribution >= 4 is 0 Å². The fourth-order valence-electron chi connectivity index (χ4n) is 2.41. The van der Waals surface area contributed by atoms with Crippen molar-refractivity contribution < 1.29 is 8.78 Å². The molecule has 3 nitrogen and oxygen atoms in total. The molecule has 0 saturated heterocycles. The maximum absolute atomic E-state index is 13.9. The van der Waals surface area contributed by atoms with E-state index in [1.807, 2.05) is 17.7 Å². The summed E-state index contributed by atoms with van der Waals surface area (Å²) < 4.78 is 28.7. The lowest BCUT2D eigenvalue weighted by Crippen LogP contribution is -2.41. The molecule has 0 fully saturated rings. The van der Waals surface area contributed by atoms with E-state index in [-0.39, 0.29) is 12.1 Å². The summed E-state index contributed by atoms with van der Waals surface area (Å²) in [6, 6.07) is 5.44. The van der Waals surface area contributed by atoms with Crippen molar-refractivity contribution in [3.05, 3.63) is 53.4 Å². The van der Waals surface area contributed by atoms with Gasteiger partial charge in [0, 0.05) is 23.9 Å². The molecule has 94 valence electrons. The molecule has 1 aliphatic rings. The highest BCUT2D eigenvalue weighted by Crippen LogP contribution is 2.28. The molecule has 1 N–H and O–H groups in total. The molecule has 0 amide bonds. The van der Waals surface area contributed by atoms with Gasteiger partial charge in [-0.05, 0) is 19.1 Å². The van der Waals surface area contributed by atoms with E-state index < -0.39 is 11.6 Å². The zero-order chi connectivity index (χ0) is 12.7. The van der Waals surface area contributed by atoms with Crippen molar-refractivity contribution in [1.82, 2.24) is 15.1 Å². The summed E-state index contributed by atoms with van der Waals surface area (Å²) in [4.78, 5) is 0. The van der Waals surface area contributed by atoms with Gasteiger partial charge in [0.1, 0.15) is 11.6 Å². The zero-order valence-corrected chi connectivity index (χ0v) is 9.90. The molecule has 0 radical (unpaired) electrons. The van der Waals surface area contributed by atoms with Gasteiger partial charge in [0.05, 0.1) is 18.3 Å². The van der Waals surface area contributed by atoms with Crippen LogP contribution in [0.1, 0.15) is 24.2 Å². The molecule has 1 aromatic carbocycles. The quantitative estimate of drug-likeness (QED) is 0.840. The van der Waals surface area contributed by atoms with E-state index >= 15 is 0 Å². The van der Waals surface area contributed by atoms with Crippen LogP contribution < -0.4 is 5.32 Å². The Morgan fingerprint density at radius 1 is 1.33 bits per heavy atom. The van der Waals surface area contributed by atoms with Crippen molar-refractivity contribution in [2.75, 3.05) is 0 Å². The average Bonchev–Trinajstić information content (AvgIpc) is 2.76. The van der Waals surface area contributed by atoms with E-state index in [1.165, 1.54) is 12.1 Å². The van der Waals surface area contributed by atoms with Crippen molar-refractivity contribution in [2.45, 2.75) is 25.6 Å². The maximum Gasteiger partial charge on any atom is 0.131 e. The summed E-state index contributed by atoms with van der Waals surface area (Å²) in [7, 11) is 0. The van der Waals surface area contributed by atoms with Crippen LogP contribution in [0.25, 0.3) is 0 Å². The molecule has 0 bridgehead atoms. The first kappa shape index (κ1) is 11.3. The second kappa shape index (κ2) is 4.17.